The van der Waals surface area contributed by atoms with E-state index in [0.29, 0.717) is 11.4 Å². The lowest BCUT2D eigenvalue weighted by atomic mass is 10.3. The predicted octanol–water partition coefficient (Wildman–Crippen LogP) is 2.36. The summed E-state index contributed by atoms with van der Waals surface area (Å²) in [6.45, 7) is 0.177. The number of rotatable bonds is 6. The zero-order valence-corrected chi connectivity index (χ0v) is 13.8. The van der Waals surface area contributed by atoms with Gasteiger partial charge in [-0.3, -0.25) is 14.6 Å². The van der Waals surface area contributed by atoms with E-state index in [9.17, 15) is 14.4 Å². The Morgan fingerprint density at radius 2 is 1.65 bits per heavy atom. The third kappa shape index (κ3) is 4.70. The van der Waals surface area contributed by atoms with Gasteiger partial charge in [-0.1, -0.05) is 18.2 Å². The normalized spacial score (nSPS) is 10.3. The average molecular weight is 351 g/mol. The van der Waals surface area contributed by atoms with E-state index in [0.717, 1.165) is 5.75 Å². The molecule has 0 saturated carbocycles. The van der Waals surface area contributed by atoms with Gasteiger partial charge < -0.3 is 14.6 Å². The van der Waals surface area contributed by atoms with Crippen molar-refractivity contribution in [1.29, 1.82) is 0 Å². The highest BCUT2D eigenvalue weighted by atomic mass is 16.5. The molecule has 2 N–H and O–H groups in total. The molecule has 0 aliphatic carbocycles. The predicted molar refractivity (Wildman–Crippen MR) is 97.5 cm³/mol. The molecule has 7 nitrogen and oxygen atoms in total. The van der Waals surface area contributed by atoms with Gasteiger partial charge in [0.15, 0.2) is 0 Å². The second-order valence-electron chi connectivity index (χ2n) is 5.54. The third-order valence-corrected chi connectivity index (χ3v) is 3.59. The molecule has 1 amide bonds. The number of para-hydroxylation sites is 1. The van der Waals surface area contributed by atoms with E-state index in [1.165, 1.54) is 16.8 Å². The summed E-state index contributed by atoms with van der Waals surface area (Å²) < 4.78 is 6.96. The van der Waals surface area contributed by atoms with E-state index >= 15 is 0 Å². The summed E-state index contributed by atoms with van der Waals surface area (Å²) in [5.74, 6) is 1.16. The summed E-state index contributed by atoms with van der Waals surface area (Å²) in [6, 6.07) is 17.6. The summed E-state index contributed by atoms with van der Waals surface area (Å²) >= 11 is 0. The molecule has 0 aliphatic heterocycles. The molecule has 0 bridgehead atoms. The number of carbonyl (C=O) groups is 1. The number of anilines is 1. The van der Waals surface area contributed by atoms with Crippen molar-refractivity contribution in [2.75, 3.05) is 5.32 Å². The Morgan fingerprint density at radius 1 is 0.962 bits per heavy atom. The van der Waals surface area contributed by atoms with Crippen molar-refractivity contribution in [2.45, 2.75) is 13.0 Å². The number of aryl methyl sites for hydroxylation is 1. The van der Waals surface area contributed by atoms with Crippen LogP contribution in [0.4, 0.5) is 5.69 Å². The Labute approximate surface area is 148 Å². The van der Waals surface area contributed by atoms with Crippen molar-refractivity contribution in [3.63, 3.8) is 0 Å². The first kappa shape index (κ1) is 17.2. The maximum absolute atomic E-state index is 12.0. The van der Waals surface area contributed by atoms with E-state index in [4.69, 9.17) is 4.74 Å². The van der Waals surface area contributed by atoms with Crippen LogP contribution in [0.2, 0.25) is 0 Å². The number of hydrogen-bond donors (Lipinski definition) is 2. The standard InChI is InChI=1S/C19H17N3O4/c23-17(10-12-22-13-11-18(24)21-19(22)25)20-14-6-8-16(9-7-14)26-15-4-2-1-3-5-15/h1-9,11,13H,10,12H2,(H,20,23)(H,21,24,25). The second-order valence-corrected chi connectivity index (χ2v) is 5.54. The van der Waals surface area contributed by atoms with Gasteiger partial charge >= 0.3 is 5.69 Å². The quantitative estimate of drug-likeness (QED) is 0.713. The first-order valence-electron chi connectivity index (χ1n) is 8.03. The van der Waals surface area contributed by atoms with E-state index < -0.39 is 11.2 Å². The number of aromatic amines is 1. The zero-order chi connectivity index (χ0) is 18.4. The summed E-state index contributed by atoms with van der Waals surface area (Å²) in [5.41, 5.74) is -0.370. The maximum Gasteiger partial charge on any atom is 0.328 e. The van der Waals surface area contributed by atoms with E-state index in [1.54, 1.807) is 24.3 Å². The van der Waals surface area contributed by atoms with Crippen molar-refractivity contribution in [2.24, 2.45) is 0 Å². The van der Waals surface area contributed by atoms with Crippen molar-refractivity contribution >= 4 is 11.6 Å². The monoisotopic (exact) mass is 351 g/mol. The van der Waals surface area contributed by atoms with E-state index in [1.807, 2.05) is 30.3 Å². The molecule has 0 fully saturated rings. The molecule has 3 aromatic rings. The van der Waals surface area contributed by atoms with Crippen molar-refractivity contribution in [1.82, 2.24) is 9.55 Å². The molecule has 26 heavy (non-hydrogen) atoms. The lowest BCUT2D eigenvalue weighted by molar-refractivity contribution is -0.116. The maximum atomic E-state index is 12.0. The molecule has 0 atom stereocenters. The van der Waals surface area contributed by atoms with Crippen LogP contribution in [0, 0.1) is 0 Å². The van der Waals surface area contributed by atoms with E-state index in [2.05, 4.69) is 10.3 Å². The van der Waals surface area contributed by atoms with Crippen LogP contribution in [0.15, 0.2) is 76.4 Å². The van der Waals surface area contributed by atoms with Gasteiger partial charge in [0.1, 0.15) is 11.5 Å². The molecular formula is C19H17N3O4. The van der Waals surface area contributed by atoms with Crippen LogP contribution in [0.5, 0.6) is 11.5 Å². The Morgan fingerprint density at radius 3 is 2.35 bits per heavy atom. The van der Waals surface area contributed by atoms with Crippen LogP contribution in [0.1, 0.15) is 6.42 Å². The van der Waals surface area contributed by atoms with Crippen LogP contribution in [0.25, 0.3) is 0 Å². The summed E-state index contributed by atoms with van der Waals surface area (Å²) in [5, 5.41) is 2.75. The molecule has 0 radical (unpaired) electrons. The lowest BCUT2D eigenvalue weighted by Gasteiger charge is -2.08. The van der Waals surface area contributed by atoms with Gasteiger partial charge in [0, 0.05) is 30.9 Å². The summed E-state index contributed by atoms with van der Waals surface area (Å²) in [7, 11) is 0. The largest absolute Gasteiger partial charge is 0.457 e. The van der Waals surface area contributed by atoms with Gasteiger partial charge in [-0.2, -0.15) is 0 Å². The van der Waals surface area contributed by atoms with Gasteiger partial charge in [-0.15, -0.1) is 0 Å². The number of nitrogens with one attached hydrogen (secondary N) is 2. The molecule has 0 spiro atoms. The highest BCUT2D eigenvalue weighted by molar-refractivity contribution is 5.90. The molecule has 0 unspecified atom stereocenters. The van der Waals surface area contributed by atoms with Gasteiger partial charge in [0.2, 0.25) is 5.91 Å². The van der Waals surface area contributed by atoms with E-state index in [-0.39, 0.29) is 18.9 Å². The minimum atomic E-state index is -0.535. The lowest BCUT2D eigenvalue weighted by Crippen LogP contribution is -2.29. The van der Waals surface area contributed by atoms with Crippen molar-refractivity contribution in [3.8, 4) is 11.5 Å². The molecule has 132 valence electrons. The van der Waals surface area contributed by atoms with Crippen LogP contribution in [-0.2, 0) is 11.3 Å². The van der Waals surface area contributed by atoms with Crippen LogP contribution >= 0.6 is 0 Å². The molecule has 1 heterocycles. The summed E-state index contributed by atoms with van der Waals surface area (Å²) in [6.07, 6.45) is 1.47. The Bertz CT molecular complexity index is 992. The number of ether oxygens (including phenoxy) is 1. The summed E-state index contributed by atoms with van der Waals surface area (Å²) in [4.78, 5) is 36.7. The number of nitrogens with zero attached hydrogens (tertiary/aromatic N) is 1. The molecule has 0 aliphatic rings. The second kappa shape index (κ2) is 7.98. The third-order valence-electron chi connectivity index (χ3n) is 3.59. The van der Waals surface area contributed by atoms with Gasteiger partial charge in [-0.25, -0.2) is 4.79 Å². The molecule has 3 rings (SSSR count). The number of aromatic nitrogens is 2. The van der Waals surface area contributed by atoms with Gasteiger partial charge in [0.05, 0.1) is 0 Å². The fraction of sp³-hybridized carbons (Fsp3) is 0.105. The van der Waals surface area contributed by atoms with Crippen LogP contribution in [-0.4, -0.2) is 15.5 Å². The van der Waals surface area contributed by atoms with Gasteiger partial charge in [0.25, 0.3) is 5.56 Å². The fourth-order valence-electron chi connectivity index (χ4n) is 2.30. The molecule has 0 saturated heterocycles. The highest BCUT2D eigenvalue weighted by Crippen LogP contribution is 2.22. The zero-order valence-electron chi connectivity index (χ0n) is 13.8. The number of carbonyl (C=O) groups excluding carboxylic acids is 1. The molecule has 7 heteroatoms. The Hall–Kier alpha value is -3.61. The van der Waals surface area contributed by atoms with Crippen molar-refractivity contribution < 1.29 is 9.53 Å². The smallest absolute Gasteiger partial charge is 0.328 e. The first-order chi connectivity index (χ1) is 12.6. The number of hydrogen-bond acceptors (Lipinski definition) is 4. The molecular weight excluding hydrogens is 334 g/mol. The number of amides is 1. The van der Waals surface area contributed by atoms with Crippen LogP contribution < -0.4 is 21.3 Å². The Kier molecular flexibility index (Phi) is 5.28. The molecule has 2 aromatic carbocycles. The number of H-pyrrole nitrogens is 1. The first-order valence-corrected chi connectivity index (χ1v) is 8.03. The van der Waals surface area contributed by atoms with Gasteiger partial charge in [-0.05, 0) is 36.4 Å². The SMILES string of the molecule is O=C(CCn1ccc(=O)[nH]c1=O)Nc1ccc(Oc2ccccc2)cc1. The minimum Gasteiger partial charge on any atom is -0.457 e. The minimum absolute atomic E-state index is 0.105. The van der Waals surface area contributed by atoms with Crippen molar-refractivity contribution in [3.05, 3.63) is 87.7 Å². The molecule has 1 aromatic heterocycles. The Balaban J connectivity index is 1.54. The van der Waals surface area contributed by atoms with Crippen LogP contribution in [0.3, 0.4) is 0 Å². The fourth-order valence-corrected chi connectivity index (χ4v) is 2.30. The topological polar surface area (TPSA) is 93.2 Å². The average Bonchev–Trinajstić information content (AvgIpc) is 2.63. The highest BCUT2D eigenvalue weighted by Gasteiger charge is 2.05. The number of benzene rings is 2.